The van der Waals surface area contributed by atoms with Gasteiger partial charge in [-0.25, -0.2) is 4.98 Å². The number of nitriles is 1. The van der Waals surface area contributed by atoms with Crippen molar-refractivity contribution < 1.29 is 0 Å². The van der Waals surface area contributed by atoms with Gasteiger partial charge in [0.15, 0.2) is 0 Å². The minimum absolute atomic E-state index is 0.0418. The average Bonchev–Trinajstić information content (AvgIpc) is 2.30. The van der Waals surface area contributed by atoms with E-state index in [1.54, 1.807) is 6.20 Å². The van der Waals surface area contributed by atoms with Crippen molar-refractivity contribution in [1.82, 2.24) is 4.98 Å². The van der Waals surface area contributed by atoms with Gasteiger partial charge < -0.3 is 10.6 Å². The van der Waals surface area contributed by atoms with Crippen molar-refractivity contribution >= 4 is 5.82 Å². The monoisotopic (exact) mass is 218 g/mol. The Morgan fingerprint density at radius 3 is 2.94 bits per heavy atom. The first-order valence-electron chi connectivity index (χ1n) is 5.53. The zero-order valence-corrected chi connectivity index (χ0v) is 9.85. The van der Waals surface area contributed by atoms with Crippen molar-refractivity contribution in [3.05, 3.63) is 23.9 Å². The maximum atomic E-state index is 8.61. The summed E-state index contributed by atoms with van der Waals surface area (Å²) < 4.78 is 0. The molecule has 86 valence electrons. The predicted octanol–water partition coefficient (Wildman–Crippen LogP) is 1.84. The third-order valence-electron chi connectivity index (χ3n) is 2.48. The number of nitrogens with two attached hydrogens (primary N) is 1. The Kier molecular flexibility index (Phi) is 4.74. The zero-order valence-electron chi connectivity index (χ0n) is 9.85. The molecular weight excluding hydrogens is 200 g/mol. The van der Waals surface area contributed by atoms with Gasteiger partial charge in [0.05, 0.1) is 12.5 Å². The molecule has 4 nitrogen and oxygen atoms in total. The summed E-state index contributed by atoms with van der Waals surface area (Å²) in [7, 11) is 0. The van der Waals surface area contributed by atoms with E-state index in [2.05, 4.69) is 22.9 Å². The van der Waals surface area contributed by atoms with Gasteiger partial charge in [-0.3, -0.25) is 0 Å². The van der Waals surface area contributed by atoms with Crippen LogP contribution in [-0.2, 0) is 0 Å². The number of hydrogen-bond acceptors (Lipinski definition) is 4. The third-order valence-corrected chi connectivity index (χ3v) is 2.48. The molecule has 0 aromatic carbocycles. The normalized spacial score (nSPS) is 11.9. The van der Waals surface area contributed by atoms with Gasteiger partial charge in [0.25, 0.3) is 0 Å². The lowest BCUT2D eigenvalue weighted by molar-refractivity contribution is 0.762. The minimum Gasteiger partial charge on any atom is -0.356 e. The van der Waals surface area contributed by atoms with E-state index in [1.165, 1.54) is 0 Å². The molecule has 0 aliphatic rings. The second-order valence-corrected chi connectivity index (χ2v) is 3.69. The van der Waals surface area contributed by atoms with Crippen LogP contribution in [0.1, 0.15) is 31.9 Å². The highest BCUT2D eigenvalue weighted by Crippen LogP contribution is 2.22. The molecule has 1 rings (SSSR count). The molecule has 0 radical (unpaired) electrons. The summed E-state index contributed by atoms with van der Waals surface area (Å²) in [5, 5.41) is 8.61. The van der Waals surface area contributed by atoms with Crippen LogP contribution in [0.15, 0.2) is 18.3 Å². The first kappa shape index (κ1) is 12.5. The number of aromatic nitrogens is 1. The molecule has 1 atom stereocenters. The second kappa shape index (κ2) is 6.09. The summed E-state index contributed by atoms with van der Waals surface area (Å²) in [6.07, 6.45) is 2.26. The Balaban J connectivity index is 2.95. The van der Waals surface area contributed by atoms with Crippen molar-refractivity contribution in [2.45, 2.75) is 26.3 Å². The molecule has 0 bridgehead atoms. The van der Waals surface area contributed by atoms with Crippen molar-refractivity contribution in [3.63, 3.8) is 0 Å². The Labute approximate surface area is 96.7 Å². The molecule has 0 spiro atoms. The fourth-order valence-corrected chi connectivity index (χ4v) is 1.63. The molecule has 1 unspecified atom stereocenters. The third kappa shape index (κ3) is 2.94. The highest BCUT2D eigenvalue weighted by molar-refractivity contribution is 5.48. The molecule has 0 amide bonds. The molecule has 1 heterocycles. The minimum atomic E-state index is -0.0418. The van der Waals surface area contributed by atoms with Crippen LogP contribution in [0.2, 0.25) is 0 Å². The Morgan fingerprint density at radius 1 is 1.62 bits per heavy atom. The van der Waals surface area contributed by atoms with Crippen LogP contribution in [0.25, 0.3) is 0 Å². The van der Waals surface area contributed by atoms with Gasteiger partial charge in [-0.05, 0) is 19.9 Å². The molecule has 4 heteroatoms. The lowest BCUT2D eigenvalue weighted by atomic mass is 10.1. The number of pyridine rings is 1. The SMILES string of the molecule is CCN(CCC#N)c1ncccc1C(C)N. The fraction of sp³-hybridized carbons (Fsp3) is 0.500. The number of rotatable bonds is 5. The molecule has 1 aromatic heterocycles. The van der Waals surface area contributed by atoms with E-state index in [1.807, 2.05) is 19.1 Å². The largest absolute Gasteiger partial charge is 0.356 e. The Morgan fingerprint density at radius 2 is 2.38 bits per heavy atom. The van der Waals surface area contributed by atoms with E-state index in [-0.39, 0.29) is 6.04 Å². The molecule has 0 fully saturated rings. The maximum Gasteiger partial charge on any atom is 0.133 e. The van der Waals surface area contributed by atoms with Gasteiger partial charge in [-0.2, -0.15) is 5.26 Å². The van der Waals surface area contributed by atoms with Gasteiger partial charge >= 0.3 is 0 Å². The van der Waals surface area contributed by atoms with Crippen LogP contribution < -0.4 is 10.6 Å². The molecule has 0 saturated carbocycles. The molecular formula is C12H18N4. The Hall–Kier alpha value is -1.60. The first-order chi connectivity index (χ1) is 7.70. The quantitative estimate of drug-likeness (QED) is 0.819. The number of hydrogen-bond donors (Lipinski definition) is 1. The molecule has 2 N–H and O–H groups in total. The summed E-state index contributed by atoms with van der Waals surface area (Å²) in [4.78, 5) is 6.45. The molecule has 0 aliphatic carbocycles. The second-order valence-electron chi connectivity index (χ2n) is 3.69. The smallest absolute Gasteiger partial charge is 0.133 e. The summed E-state index contributed by atoms with van der Waals surface area (Å²) in [6.45, 7) is 5.53. The van der Waals surface area contributed by atoms with Gasteiger partial charge in [-0.1, -0.05) is 6.07 Å². The van der Waals surface area contributed by atoms with Crippen LogP contribution in [0.5, 0.6) is 0 Å². The van der Waals surface area contributed by atoms with Gasteiger partial charge in [0.2, 0.25) is 0 Å². The van der Waals surface area contributed by atoms with E-state index < -0.39 is 0 Å². The van der Waals surface area contributed by atoms with Crippen LogP contribution >= 0.6 is 0 Å². The van der Waals surface area contributed by atoms with Crippen LogP contribution in [0.3, 0.4) is 0 Å². The van der Waals surface area contributed by atoms with Crippen LogP contribution in [-0.4, -0.2) is 18.1 Å². The molecule has 0 saturated heterocycles. The van der Waals surface area contributed by atoms with E-state index in [4.69, 9.17) is 11.0 Å². The Bertz CT molecular complexity index is 368. The van der Waals surface area contributed by atoms with Crippen molar-refractivity contribution in [1.29, 1.82) is 5.26 Å². The summed E-state index contributed by atoms with van der Waals surface area (Å²) in [5.74, 6) is 0.898. The fourth-order valence-electron chi connectivity index (χ4n) is 1.63. The summed E-state index contributed by atoms with van der Waals surface area (Å²) in [6, 6.07) is 5.99. The van der Waals surface area contributed by atoms with Crippen molar-refractivity contribution in [2.75, 3.05) is 18.0 Å². The lowest BCUT2D eigenvalue weighted by Crippen LogP contribution is -2.27. The average molecular weight is 218 g/mol. The summed E-state index contributed by atoms with van der Waals surface area (Å²) >= 11 is 0. The van der Waals surface area contributed by atoms with E-state index in [9.17, 15) is 0 Å². The lowest BCUT2D eigenvalue weighted by Gasteiger charge is -2.24. The van der Waals surface area contributed by atoms with Crippen molar-refractivity contribution in [3.8, 4) is 6.07 Å². The number of nitrogens with zero attached hydrogens (tertiary/aromatic N) is 3. The van der Waals surface area contributed by atoms with E-state index in [0.717, 1.165) is 17.9 Å². The van der Waals surface area contributed by atoms with Gasteiger partial charge in [0.1, 0.15) is 5.82 Å². The molecule has 0 aliphatic heterocycles. The predicted molar refractivity (Wildman–Crippen MR) is 65.0 cm³/mol. The van der Waals surface area contributed by atoms with Crippen LogP contribution in [0.4, 0.5) is 5.82 Å². The number of anilines is 1. The van der Waals surface area contributed by atoms with E-state index >= 15 is 0 Å². The van der Waals surface area contributed by atoms with Crippen LogP contribution in [0, 0.1) is 11.3 Å². The van der Waals surface area contributed by atoms with Gasteiger partial charge in [0, 0.05) is 30.9 Å². The summed E-state index contributed by atoms with van der Waals surface area (Å²) in [5.41, 5.74) is 6.93. The molecule has 16 heavy (non-hydrogen) atoms. The van der Waals surface area contributed by atoms with Gasteiger partial charge in [-0.15, -0.1) is 0 Å². The topological polar surface area (TPSA) is 65.9 Å². The van der Waals surface area contributed by atoms with E-state index in [0.29, 0.717) is 13.0 Å². The molecule has 1 aromatic rings. The maximum absolute atomic E-state index is 8.61. The zero-order chi connectivity index (χ0) is 12.0. The first-order valence-corrected chi connectivity index (χ1v) is 5.53. The highest BCUT2D eigenvalue weighted by Gasteiger charge is 2.12. The van der Waals surface area contributed by atoms with Crippen molar-refractivity contribution in [2.24, 2.45) is 5.73 Å². The standard InChI is InChI=1S/C12H18N4/c1-3-16(9-5-7-13)12-11(10(2)14)6-4-8-15-12/h4,6,8,10H,3,5,9,14H2,1-2H3. The highest BCUT2D eigenvalue weighted by atomic mass is 15.2.